The van der Waals surface area contributed by atoms with Crippen molar-refractivity contribution in [3.63, 3.8) is 0 Å². The molecule has 0 bridgehead atoms. The molecule has 0 spiro atoms. The number of aliphatic hydroxyl groups is 1. The zero-order valence-electron chi connectivity index (χ0n) is 10.6. The van der Waals surface area contributed by atoms with Crippen molar-refractivity contribution in [2.75, 3.05) is 13.1 Å². The number of rotatable bonds is 3. The second-order valence-corrected chi connectivity index (χ2v) is 6.37. The van der Waals surface area contributed by atoms with Gasteiger partial charge >= 0.3 is 5.97 Å². The molecule has 1 aliphatic rings. The van der Waals surface area contributed by atoms with Crippen molar-refractivity contribution in [1.82, 2.24) is 4.90 Å². The normalized spacial score (nSPS) is 25.9. The van der Waals surface area contributed by atoms with Crippen LogP contribution in [0.5, 0.6) is 0 Å². The summed E-state index contributed by atoms with van der Waals surface area (Å²) in [5, 5.41) is 18.9. The Morgan fingerprint density at radius 1 is 1.44 bits per heavy atom. The lowest BCUT2D eigenvalue weighted by Crippen LogP contribution is -2.27. The van der Waals surface area contributed by atoms with Gasteiger partial charge in [-0.1, -0.05) is 0 Å². The maximum absolute atomic E-state index is 10.8. The Morgan fingerprint density at radius 3 is 2.89 bits per heavy atom. The third-order valence-corrected chi connectivity index (χ3v) is 4.47. The predicted molar refractivity (Wildman–Crippen MR) is 71.0 cm³/mol. The topological polar surface area (TPSA) is 60.8 Å². The van der Waals surface area contributed by atoms with Gasteiger partial charge in [0.05, 0.1) is 5.60 Å². The third kappa shape index (κ3) is 3.54. The summed E-state index contributed by atoms with van der Waals surface area (Å²) in [5.41, 5.74) is -0.545. The Hall–Kier alpha value is -0.910. The van der Waals surface area contributed by atoms with Crippen molar-refractivity contribution in [3.8, 4) is 0 Å². The lowest BCUT2D eigenvalue weighted by atomic mass is 9.98. The van der Waals surface area contributed by atoms with Gasteiger partial charge in [-0.2, -0.15) is 0 Å². The van der Waals surface area contributed by atoms with Crippen molar-refractivity contribution >= 4 is 17.3 Å². The van der Waals surface area contributed by atoms with Gasteiger partial charge in [-0.3, -0.25) is 4.90 Å². The van der Waals surface area contributed by atoms with E-state index in [0.29, 0.717) is 4.88 Å². The molecule has 2 N–H and O–H groups in total. The van der Waals surface area contributed by atoms with Gasteiger partial charge in [0.15, 0.2) is 0 Å². The average Bonchev–Trinajstić information content (AvgIpc) is 2.67. The summed E-state index contributed by atoms with van der Waals surface area (Å²) in [4.78, 5) is 14.6. The van der Waals surface area contributed by atoms with Crippen LogP contribution in [0.1, 0.15) is 40.7 Å². The zero-order chi connectivity index (χ0) is 13.2. The van der Waals surface area contributed by atoms with Gasteiger partial charge in [-0.05, 0) is 44.9 Å². The van der Waals surface area contributed by atoms with E-state index in [4.69, 9.17) is 5.11 Å². The Kier molecular flexibility index (Phi) is 4.04. The maximum Gasteiger partial charge on any atom is 0.345 e. The van der Waals surface area contributed by atoms with Crippen LogP contribution in [0, 0.1) is 0 Å². The van der Waals surface area contributed by atoms with Gasteiger partial charge in [0.2, 0.25) is 0 Å². The minimum atomic E-state index is -0.856. The summed E-state index contributed by atoms with van der Waals surface area (Å²) in [6, 6.07) is 3.55. The summed E-state index contributed by atoms with van der Waals surface area (Å²) in [7, 11) is 0. The van der Waals surface area contributed by atoms with E-state index in [0.717, 1.165) is 43.8 Å². The number of carbonyl (C=O) groups is 1. The molecule has 1 aromatic rings. The molecule has 1 fully saturated rings. The van der Waals surface area contributed by atoms with Gasteiger partial charge in [0.25, 0.3) is 0 Å². The van der Waals surface area contributed by atoms with Gasteiger partial charge in [0.1, 0.15) is 4.88 Å². The Bertz CT molecular complexity index is 428. The number of carboxylic acid groups (broad SMARTS) is 1. The fraction of sp³-hybridized carbons (Fsp3) is 0.615. The first-order valence-electron chi connectivity index (χ1n) is 6.23. The quantitative estimate of drug-likeness (QED) is 0.883. The smallest absolute Gasteiger partial charge is 0.345 e. The number of carboxylic acids is 1. The number of hydrogen-bond donors (Lipinski definition) is 2. The van der Waals surface area contributed by atoms with Crippen LogP contribution < -0.4 is 0 Å². The summed E-state index contributed by atoms with van der Waals surface area (Å²) in [5.74, 6) is -0.856. The molecular formula is C13H19NO3S. The molecule has 1 saturated heterocycles. The largest absolute Gasteiger partial charge is 0.477 e. The van der Waals surface area contributed by atoms with Crippen LogP contribution in [0.2, 0.25) is 0 Å². The van der Waals surface area contributed by atoms with E-state index >= 15 is 0 Å². The Morgan fingerprint density at radius 2 is 2.22 bits per heavy atom. The highest BCUT2D eigenvalue weighted by atomic mass is 32.1. The number of thiophene rings is 1. The number of likely N-dealkylation sites (tertiary alicyclic amines) is 1. The molecule has 5 heteroatoms. The minimum absolute atomic E-state index is 0.395. The van der Waals surface area contributed by atoms with Gasteiger partial charge in [-0.15, -0.1) is 11.3 Å². The fourth-order valence-electron chi connectivity index (χ4n) is 2.28. The van der Waals surface area contributed by atoms with E-state index in [1.165, 1.54) is 11.3 Å². The molecule has 0 aliphatic carbocycles. The second-order valence-electron chi connectivity index (χ2n) is 5.20. The van der Waals surface area contributed by atoms with E-state index in [2.05, 4.69) is 4.90 Å². The molecule has 0 amide bonds. The molecule has 1 unspecified atom stereocenters. The fourth-order valence-corrected chi connectivity index (χ4v) is 3.16. The highest BCUT2D eigenvalue weighted by Crippen LogP contribution is 2.24. The first-order chi connectivity index (χ1) is 8.46. The molecule has 18 heavy (non-hydrogen) atoms. The number of aromatic carboxylic acids is 1. The Balaban J connectivity index is 1.94. The van der Waals surface area contributed by atoms with Crippen LogP contribution in [0.3, 0.4) is 0 Å². The van der Waals surface area contributed by atoms with Crippen molar-refractivity contribution in [3.05, 3.63) is 21.9 Å². The van der Waals surface area contributed by atoms with Crippen molar-refractivity contribution in [2.24, 2.45) is 0 Å². The summed E-state index contributed by atoms with van der Waals surface area (Å²) >= 11 is 1.34. The molecular weight excluding hydrogens is 250 g/mol. The van der Waals surface area contributed by atoms with Crippen LogP contribution in [-0.4, -0.2) is 39.8 Å². The predicted octanol–water partition coefficient (Wildman–Crippen LogP) is 2.18. The van der Waals surface area contributed by atoms with Crippen LogP contribution >= 0.6 is 11.3 Å². The second kappa shape index (κ2) is 5.38. The summed E-state index contributed by atoms with van der Waals surface area (Å²) in [6.07, 6.45) is 2.61. The average molecular weight is 269 g/mol. The van der Waals surface area contributed by atoms with Crippen LogP contribution in [-0.2, 0) is 6.54 Å². The van der Waals surface area contributed by atoms with Crippen LogP contribution in [0.25, 0.3) is 0 Å². The van der Waals surface area contributed by atoms with E-state index in [-0.39, 0.29) is 0 Å². The van der Waals surface area contributed by atoms with Crippen LogP contribution in [0.15, 0.2) is 12.1 Å². The molecule has 0 saturated carbocycles. The third-order valence-electron chi connectivity index (χ3n) is 3.41. The van der Waals surface area contributed by atoms with E-state index < -0.39 is 11.6 Å². The first kappa shape index (κ1) is 13.5. The maximum atomic E-state index is 10.8. The molecule has 100 valence electrons. The molecule has 1 aromatic heterocycles. The SMILES string of the molecule is CC1(O)CCCN(Cc2ccc(C(=O)O)s2)CC1. The zero-order valence-corrected chi connectivity index (χ0v) is 11.4. The number of nitrogens with zero attached hydrogens (tertiary/aromatic N) is 1. The van der Waals surface area contributed by atoms with E-state index in [1.807, 2.05) is 13.0 Å². The molecule has 2 rings (SSSR count). The molecule has 4 nitrogen and oxygen atoms in total. The monoisotopic (exact) mass is 269 g/mol. The highest BCUT2D eigenvalue weighted by Gasteiger charge is 2.25. The van der Waals surface area contributed by atoms with Gasteiger partial charge in [-0.25, -0.2) is 4.79 Å². The molecule has 0 aromatic carbocycles. The molecule has 1 atom stereocenters. The summed E-state index contributed by atoms with van der Waals surface area (Å²) < 4.78 is 0. The van der Waals surface area contributed by atoms with Crippen LogP contribution in [0.4, 0.5) is 0 Å². The summed E-state index contributed by atoms with van der Waals surface area (Å²) in [6.45, 7) is 4.52. The molecule has 0 radical (unpaired) electrons. The van der Waals surface area contributed by atoms with Crippen molar-refractivity contribution in [1.29, 1.82) is 0 Å². The van der Waals surface area contributed by atoms with E-state index in [1.54, 1.807) is 6.07 Å². The Labute approximate surface area is 111 Å². The molecule has 1 aliphatic heterocycles. The van der Waals surface area contributed by atoms with E-state index in [9.17, 15) is 9.90 Å². The van der Waals surface area contributed by atoms with Crippen molar-refractivity contribution in [2.45, 2.75) is 38.3 Å². The number of hydrogen-bond acceptors (Lipinski definition) is 4. The van der Waals surface area contributed by atoms with Crippen molar-refractivity contribution < 1.29 is 15.0 Å². The molecule has 2 heterocycles. The standard InChI is InChI=1S/C13H19NO3S/c1-13(17)5-2-7-14(8-6-13)9-10-3-4-11(18-10)12(15)16/h3-4,17H,2,5-9H2,1H3,(H,15,16). The first-order valence-corrected chi connectivity index (χ1v) is 7.05. The highest BCUT2D eigenvalue weighted by molar-refractivity contribution is 7.13. The van der Waals surface area contributed by atoms with Gasteiger partial charge in [0, 0.05) is 18.0 Å². The lowest BCUT2D eigenvalue weighted by Gasteiger charge is -2.21. The van der Waals surface area contributed by atoms with Gasteiger partial charge < -0.3 is 10.2 Å². The minimum Gasteiger partial charge on any atom is -0.477 e. The lowest BCUT2D eigenvalue weighted by molar-refractivity contribution is 0.0444.